The van der Waals surface area contributed by atoms with Crippen LogP contribution in [0.5, 0.6) is 0 Å². The van der Waals surface area contributed by atoms with Gasteiger partial charge in [-0.2, -0.15) is 0 Å². The zero-order valence-corrected chi connectivity index (χ0v) is 5.50. The molecule has 54 valence electrons. The maximum Gasteiger partial charge on any atom is 0.333 e. The van der Waals surface area contributed by atoms with Gasteiger partial charge in [-0.1, -0.05) is 6.08 Å². The highest BCUT2D eigenvalue weighted by molar-refractivity contribution is 5.88. The highest BCUT2D eigenvalue weighted by atomic mass is 16.4. The third-order valence-electron chi connectivity index (χ3n) is 1.47. The van der Waals surface area contributed by atoms with Crippen molar-refractivity contribution in [2.75, 3.05) is 0 Å². The van der Waals surface area contributed by atoms with Gasteiger partial charge in [0.25, 0.3) is 0 Å². The van der Waals surface area contributed by atoms with Gasteiger partial charge in [-0.25, -0.2) is 4.79 Å². The number of hydrogen-bond acceptors (Lipinski definition) is 2. The Morgan fingerprint density at radius 3 is 2.80 bits per heavy atom. The van der Waals surface area contributed by atoms with Gasteiger partial charge in [-0.05, 0) is 18.9 Å². The zero-order chi connectivity index (χ0) is 7.56. The van der Waals surface area contributed by atoms with Gasteiger partial charge in [0.05, 0.1) is 5.57 Å². The van der Waals surface area contributed by atoms with E-state index in [1.807, 2.05) is 6.08 Å². The van der Waals surface area contributed by atoms with E-state index >= 15 is 0 Å². The largest absolute Gasteiger partial charge is 0.478 e. The van der Waals surface area contributed by atoms with Gasteiger partial charge < -0.3 is 10.8 Å². The summed E-state index contributed by atoms with van der Waals surface area (Å²) in [7, 11) is 0. The average Bonchev–Trinajstić information content (AvgIpc) is 1.88. The molecule has 0 radical (unpaired) electrons. The van der Waals surface area contributed by atoms with Crippen LogP contribution in [-0.4, -0.2) is 11.1 Å². The lowest BCUT2D eigenvalue weighted by atomic mass is 10.0. The molecule has 0 atom stereocenters. The molecule has 0 aromatic rings. The molecule has 0 saturated heterocycles. The molecule has 3 N–H and O–H groups in total. The van der Waals surface area contributed by atoms with Crippen molar-refractivity contribution in [3.8, 4) is 0 Å². The van der Waals surface area contributed by atoms with Crippen molar-refractivity contribution in [3.05, 3.63) is 23.4 Å². The molecule has 0 aliphatic heterocycles. The molecule has 0 aromatic heterocycles. The maximum atomic E-state index is 10.4. The van der Waals surface area contributed by atoms with Crippen LogP contribution in [0.4, 0.5) is 0 Å². The lowest BCUT2D eigenvalue weighted by molar-refractivity contribution is -0.132. The molecule has 3 heteroatoms. The van der Waals surface area contributed by atoms with Crippen LogP contribution in [0.15, 0.2) is 23.4 Å². The third kappa shape index (κ3) is 1.18. The van der Waals surface area contributed by atoms with E-state index in [1.165, 1.54) is 0 Å². The first kappa shape index (κ1) is 6.86. The van der Waals surface area contributed by atoms with Crippen LogP contribution >= 0.6 is 0 Å². The molecule has 0 spiro atoms. The molecular formula is C7H9NO2. The number of nitrogens with two attached hydrogens (primary N) is 1. The predicted octanol–water partition coefficient (Wildman–Crippen LogP) is 0.634. The number of carbonyl (C=O) groups is 1. The topological polar surface area (TPSA) is 63.3 Å². The Kier molecular flexibility index (Phi) is 1.76. The van der Waals surface area contributed by atoms with Gasteiger partial charge in [-0.15, -0.1) is 0 Å². The Bertz CT molecular complexity index is 216. The van der Waals surface area contributed by atoms with E-state index < -0.39 is 5.97 Å². The Hall–Kier alpha value is -1.25. The van der Waals surface area contributed by atoms with E-state index in [2.05, 4.69) is 0 Å². The van der Waals surface area contributed by atoms with Crippen LogP contribution in [0.3, 0.4) is 0 Å². The maximum absolute atomic E-state index is 10.4. The molecule has 1 aliphatic carbocycles. The highest BCUT2D eigenvalue weighted by Gasteiger charge is 2.11. The molecule has 0 fully saturated rings. The van der Waals surface area contributed by atoms with Crippen LogP contribution in [0, 0.1) is 0 Å². The van der Waals surface area contributed by atoms with E-state index in [1.54, 1.807) is 6.08 Å². The van der Waals surface area contributed by atoms with Crippen molar-refractivity contribution in [2.24, 2.45) is 5.73 Å². The summed E-state index contributed by atoms with van der Waals surface area (Å²) in [5.74, 6) is -0.901. The quantitative estimate of drug-likeness (QED) is 0.560. The number of carboxylic acids is 1. The molecule has 0 saturated carbocycles. The summed E-state index contributed by atoms with van der Waals surface area (Å²) in [6.07, 6.45) is 4.86. The normalized spacial score (nSPS) is 17.6. The summed E-state index contributed by atoms with van der Waals surface area (Å²) in [5.41, 5.74) is 6.12. The van der Waals surface area contributed by atoms with Crippen LogP contribution < -0.4 is 5.73 Å². The summed E-state index contributed by atoms with van der Waals surface area (Å²) < 4.78 is 0. The number of allylic oxidation sites excluding steroid dienone is 2. The summed E-state index contributed by atoms with van der Waals surface area (Å²) in [6, 6.07) is 0. The molecule has 10 heavy (non-hydrogen) atoms. The number of rotatable bonds is 1. The zero-order valence-electron chi connectivity index (χ0n) is 5.50. The fourth-order valence-corrected chi connectivity index (χ4v) is 0.913. The smallest absolute Gasteiger partial charge is 0.333 e. The van der Waals surface area contributed by atoms with Crippen molar-refractivity contribution in [1.29, 1.82) is 0 Å². The summed E-state index contributed by atoms with van der Waals surface area (Å²) in [6.45, 7) is 0. The third-order valence-corrected chi connectivity index (χ3v) is 1.47. The molecule has 0 unspecified atom stereocenters. The van der Waals surface area contributed by atoms with Crippen molar-refractivity contribution in [2.45, 2.75) is 12.8 Å². The van der Waals surface area contributed by atoms with Crippen molar-refractivity contribution in [3.63, 3.8) is 0 Å². The monoisotopic (exact) mass is 139 g/mol. The minimum absolute atomic E-state index is 0.336. The highest BCUT2D eigenvalue weighted by Crippen LogP contribution is 2.14. The molecule has 0 heterocycles. The molecule has 1 aliphatic rings. The van der Waals surface area contributed by atoms with E-state index in [0.29, 0.717) is 17.7 Å². The molecule has 1 rings (SSSR count). The second kappa shape index (κ2) is 2.56. The lowest BCUT2D eigenvalue weighted by Gasteiger charge is -2.06. The summed E-state index contributed by atoms with van der Waals surface area (Å²) in [4.78, 5) is 10.4. The standard InChI is InChI=1S/C7H9NO2/c8-6-4-2-1-3-5(6)7(9)10/h2,4H,1,3,8H2,(H,9,10). The first-order chi connectivity index (χ1) is 4.72. The molecule has 0 bridgehead atoms. The van der Waals surface area contributed by atoms with Crippen LogP contribution in [-0.2, 0) is 4.79 Å². The van der Waals surface area contributed by atoms with Crippen molar-refractivity contribution < 1.29 is 9.90 Å². The van der Waals surface area contributed by atoms with Gasteiger partial charge in [-0.3, -0.25) is 0 Å². The molecule has 0 aromatic carbocycles. The fraction of sp³-hybridized carbons (Fsp3) is 0.286. The number of aliphatic carboxylic acids is 1. The van der Waals surface area contributed by atoms with Gasteiger partial charge >= 0.3 is 5.97 Å². The van der Waals surface area contributed by atoms with E-state index in [-0.39, 0.29) is 0 Å². The van der Waals surface area contributed by atoms with Gasteiger partial charge in [0, 0.05) is 5.70 Å². The van der Waals surface area contributed by atoms with Gasteiger partial charge in [0.15, 0.2) is 0 Å². The van der Waals surface area contributed by atoms with Crippen LogP contribution in [0.25, 0.3) is 0 Å². The average molecular weight is 139 g/mol. The Labute approximate surface area is 58.8 Å². The molecule has 3 nitrogen and oxygen atoms in total. The molecular weight excluding hydrogens is 130 g/mol. The summed E-state index contributed by atoms with van der Waals surface area (Å²) >= 11 is 0. The fourth-order valence-electron chi connectivity index (χ4n) is 0.913. The van der Waals surface area contributed by atoms with Crippen LogP contribution in [0.1, 0.15) is 12.8 Å². The van der Waals surface area contributed by atoms with Gasteiger partial charge in [0.1, 0.15) is 0 Å². The Morgan fingerprint density at radius 2 is 2.40 bits per heavy atom. The van der Waals surface area contributed by atoms with Gasteiger partial charge in [0.2, 0.25) is 0 Å². The Balaban J connectivity index is 2.89. The SMILES string of the molecule is NC1=C(C(=O)O)CCC=C1. The minimum Gasteiger partial charge on any atom is -0.478 e. The van der Waals surface area contributed by atoms with E-state index in [4.69, 9.17) is 10.8 Å². The van der Waals surface area contributed by atoms with Crippen LogP contribution in [0.2, 0.25) is 0 Å². The van der Waals surface area contributed by atoms with E-state index in [9.17, 15) is 4.79 Å². The Morgan fingerprint density at radius 1 is 1.70 bits per heavy atom. The number of hydrogen-bond donors (Lipinski definition) is 2. The predicted molar refractivity (Wildman–Crippen MR) is 37.2 cm³/mol. The molecule has 0 amide bonds. The van der Waals surface area contributed by atoms with Crippen molar-refractivity contribution >= 4 is 5.97 Å². The second-order valence-corrected chi connectivity index (χ2v) is 2.18. The first-order valence-electron chi connectivity index (χ1n) is 3.10. The second-order valence-electron chi connectivity index (χ2n) is 2.18. The minimum atomic E-state index is -0.901. The number of carboxylic acid groups (broad SMARTS) is 1. The summed E-state index contributed by atoms with van der Waals surface area (Å²) in [5, 5.41) is 8.54. The van der Waals surface area contributed by atoms with E-state index in [0.717, 1.165) is 6.42 Å². The lowest BCUT2D eigenvalue weighted by Crippen LogP contribution is -2.11. The first-order valence-corrected chi connectivity index (χ1v) is 3.10. The van der Waals surface area contributed by atoms with Crippen molar-refractivity contribution in [1.82, 2.24) is 0 Å².